The van der Waals surface area contributed by atoms with E-state index in [4.69, 9.17) is 0 Å². The molecule has 0 saturated heterocycles. The molecule has 0 N–H and O–H groups in total. The van der Waals surface area contributed by atoms with E-state index in [0.717, 1.165) is 17.8 Å². The van der Waals surface area contributed by atoms with Crippen LogP contribution in [0.5, 0.6) is 0 Å². The fourth-order valence-electron chi connectivity index (χ4n) is 2.29. The number of benzene rings is 1. The van der Waals surface area contributed by atoms with Crippen molar-refractivity contribution in [2.75, 3.05) is 0 Å². The third-order valence-corrected chi connectivity index (χ3v) is 3.73. The fourth-order valence-corrected chi connectivity index (χ4v) is 2.29. The Balaban J connectivity index is 2.23. The lowest BCUT2D eigenvalue weighted by atomic mass is 10.1. The first-order chi connectivity index (χ1) is 10.7. The van der Waals surface area contributed by atoms with E-state index in [0.29, 0.717) is 6.54 Å². The second-order valence-electron chi connectivity index (χ2n) is 5.71. The van der Waals surface area contributed by atoms with Crippen LogP contribution in [0.4, 0.5) is 13.2 Å². The van der Waals surface area contributed by atoms with Gasteiger partial charge in [-0.05, 0) is 50.2 Å². The molecule has 2 aromatic rings. The van der Waals surface area contributed by atoms with Crippen molar-refractivity contribution >= 4 is 5.91 Å². The van der Waals surface area contributed by atoms with Crippen LogP contribution in [-0.2, 0) is 19.8 Å². The van der Waals surface area contributed by atoms with Crippen molar-refractivity contribution in [1.82, 2.24) is 9.47 Å². The highest BCUT2D eigenvalue weighted by Gasteiger charge is 2.30. The maximum Gasteiger partial charge on any atom is 0.416 e. The van der Waals surface area contributed by atoms with Crippen LogP contribution in [0.3, 0.4) is 0 Å². The molecule has 0 bridgehead atoms. The Bertz CT molecular complexity index is 672. The van der Waals surface area contributed by atoms with Crippen LogP contribution in [-0.4, -0.2) is 21.4 Å². The molecule has 1 aromatic heterocycles. The van der Waals surface area contributed by atoms with Gasteiger partial charge in [-0.15, -0.1) is 0 Å². The van der Waals surface area contributed by atoms with E-state index in [-0.39, 0.29) is 17.5 Å². The highest BCUT2D eigenvalue weighted by molar-refractivity contribution is 5.94. The van der Waals surface area contributed by atoms with Gasteiger partial charge in [0.1, 0.15) is 0 Å². The predicted octanol–water partition coefficient (Wildman–Crippen LogP) is 4.09. The van der Waals surface area contributed by atoms with E-state index in [2.05, 4.69) is 0 Å². The standard InChI is InChI=1S/C17H19F3N2O/c1-12(2)22(11-15-5-4-10-21(15)3)16(23)13-6-8-14(9-7-13)17(18,19)20/h4-10,12H,11H2,1-3H3. The van der Waals surface area contributed by atoms with Crippen LogP contribution in [0.25, 0.3) is 0 Å². The Kier molecular flexibility index (Phi) is 4.82. The van der Waals surface area contributed by atoms with Gasteiger partial charge in [0.25, 0.3) is 5.91 Å². The molecule has 0 atom stereocenters. The molecule has 0 saturated carbocycles. The summed E-state index contributed by atoms with van der Waals surface area (Å²) in [7, 11) is 1.89. The number of nitrogens with zero attached hydrogens (tertiary/aromatic N) is 2. The Hall–Kier alpha value is -2.24. The lowest BCUT2D eigenvalue weighted by molar-refractivity contribution is -0.137. The number of aryl methyl sites for hydroxylation is 1. The fraction of sp³-hybridized carbons (Fsp3) is 0.353. The molecule has 0 radical (unpaired) electrons. The number of aromatic nitrogens is 1. The summed E-state index contributed by atoms with van der Waals surface area (Å²) in [6.07, 6.45) is -2.52. The highest BCUT2D eigenvalue weighted by atomic mass is 19.4. The van der Waals surface area contributed by atoms with Crippen molar-refractivity contribution in [1.29, 1.82) is 0 Å². The molecule has 124 valence electrons. The first-order valence-electron chi connectivity index (χ1n) is 7.28. The second kappa shape index (κ2) is 6.48. The average Bonchev–Trinajstić information content (AvgIpc) is 2.88. The van der Waals surface area contributed by atoms with Gasteiger partial charge < -0.3 is 9.47 Å². The molecule has 6 heteroatoms. The number of hydrogen-bond donors (Lipinski definition) is 0. The maximum absolute atomic E-state index is 12.6. The van der Waals surface area contributed by atoms with Crippen LogP contribution < -0.4 is 0 Å². The summed E-state index contributed by atoms with van der Waals surface area (Å²) in [5.74, 6) is -0.282. The first-order valence-corrected chi connectivity index (χ1v) is 7.28. The summed E-state index contributed by atoms with van der Waals surface area (Å²) < 4.78 is 39.7. The monoisotopic (exact) mass is 324 g/mol. The summed E-state index contributed by atoms with van der Waals surface area (Å²) in [6, 6.07) is 8.06. The Morgan fingerprint density at radius 2 is 1.78 bits per heavy atom. The zero-order valence-electron chi connectivity index (χ0n) is 13.3. The number of hydrogen-bond acceptors (Lipinski definition) is 1. The molecule has 1 aromatic carbocycles. The van der Waals surface area contributed by atoms with Crippen molar-refractivity contribution in [3.05, 3.63) is 59.4 Å². The molecule has 23 heavy (non-hydrogen) atoms. The van der Waals surface area contributed by atoms with Crippen molar-refractivity contribution in [3.8, 4) is 0 Å². The van der Waals surface area contributed by atoms with Crippen LogP contribution in [0.2, 0.25) is 0 Å². The molecule has 0 unspecified atom stereocenters. The summed E-state index contributed by atoms with van der Waals surface area (Å²) in [4.78, 5) is 14.3. The van der Waals surface area contributed by atoms with Gasteiger partial charge in [0.05, 0.1) is 12.1 Å². The summed E-state index contributed by atoms with van der Waals surface area (Å²) >= 11 is 0. The van der Waals surface area contributed by atoms with Crippen molar-refractivity contribution in [2.45, 2.75) is 32.6 Å². The van der Waals surface area contributed by atoms with Gasteiger partial charge in [0.15, 0.2) is 0 Å². The minimum atomic E-state index is -4.40. The number of alkyl halides is 3. The van der Waals surface area contributed by atoms with Gasteiger partial charge in [-0.1, -0.05) is 0 Å². The second-order valence-corrected chi connectivity index (χ2v) is 5.71. The normalized spacial score (nSPS) is 11.8. The van der Waals surface area contributed by atoms with Gasteiger partial charge in [-0.3, -0.25) is 4.79 Å². The van der Waals surface area contributed by atoms with Crippen molar-refractivity contribution in [3.63, 3.8) is 0 Å². The molecule has 0 aliphatic carbocycles. The van der Waals surface area contributed by atoms with Crippen LogP contribution >= 0.6 is 0 Å². The van der Waals surface area contributed by atoms with Crippen LogP contribution in [0.1, 0.15) is 35.5 Å². The molecule has 0 spiro atoms. The molecule has 0 fully saturated rings. The number of rotatable bonds is 4. The minimum Gasteiger partial charge on any atom is -0.353 e. The largest absolute Gasteiger partial charge is 0.416 e. The Morgan fingerprint density at radius 3 is 2.22 bits per heavy atom. The quantitative estimate of drug-likeness (QED) is 0.831. The lowest BCUT2D eigenvalue weighted by Gasteiger charge is -2.27. The SMILES string of the molecule is CC(C)N(Cc1cccn1C)C(=O)c1ccc(C(F)(F)F)cc1. The Morgan fingerprint density at radius 1 is 1.17 bits per heavy atom. The van der Waals surface area contributed by atoms with Crippen LogP contribution in [0.15, 0.2) is 42.6 Å². The molecular formula is C17H19F3N2O. The number of carbonyl (C=O) groups is 1. The smallest absolute Gasteiger partial charge is 0.353 e. The van der Waals surface area contributed by atoms with E-state index in [1.165, 1.54) is 12.1 Å². The van der Waals surface area contributed by atoms with E-state index >= 15 is 0 Å². The van der Waals surface area contributed by atoms with E-state index < -0.39 is 11.7 Å². The maximum atomic E-state index is 12.6. The highest BCUT2D eigenvalue weighted by Crippen LogP contribution is 2.29. The van der Waals surface area contributed by atoms with Crippen molar-refractivity contribution in [2.24, 2.45) is 7.05 Å². The zero-order chi connectivity index (χ0) is 17.2. The molecule has 1 amide bonds. The van der Waals surface area contributed by atoms with Gasteiger partial charge in [-0.2, -0.15) is 13.2 Å². The number of amides is 1. The van der Waals surface area contributed by atoms with Crippen molar-refractivity contribution < 1.29 is 18.0 Å². The molecule has 0 aliphatic heterocycles. The van der Waals surface area contributed by atoms with Gasteiger partial charge in [0, 0.05) is 30.5 Å². The lowest BCUT2D eigenvalue weighted by Crippen LogP contribution is -2.36. The topological polar surface area (TPSA) is 25.2 Å². The molecular weight excluding hydrogens is 305 g/mol. The Labute approximate surface area is 133 Å². The van der Waals surface area contributed by atoms with Crippen LogP contribution in [0, 0.1) is 0 Å². The van der Waals surface area contributed by atoms with Gasteiger partial charge in [0.2, 0.25) is 0 Å². The molecule has 2 rings (SSSR count). The average molecular weight is 324 g/mol. The third-order valence-electron chi connectivity index (χ3n) is 3.73. The van der Waals surface area contributed by atoms with E-state index in [1.807, 2.05) is 43.8 Å². The summed E-state index contributed by atoms with van der Waals surface area (Å²) in [5.41, 5.74) is 0.451. The van der Waals surface area contributed by atoms with Gasteiger partial charge in [-0.25, -0.2) is 0 Å². The predicted molar refractivity (Wildman–Crippen MR) is 81.9 cm³/mol. The van der Waals surface area contributed by atoms with E-state index in [1.54, 1.807) is 4.90 Å². The number of carbonyl (C=O) groups excluding carboxylic acids is 1. The van der Waals surface area contributed by atoms with Gasteiger partial charge >= 0.3 is 6.18 Å². The minimum absolute atomic E-state index is 0.0697. The molecule has 3 nitrogen and oxygen atoms in total. The number of halogens is 3. The van der Waals surface area contributed by atoms with E-state index in [9.17, 15) is 18.0 Å². The molecule has 0 aliphatic rings. The summed E-state index contributed by atoms with van der Waals surface area (Å²) in [6.45, 7) is 4.16. The zero-order valence-corrected chi connectivity index (χ0v) is 13.3. The third kappa shape index (κ3) is 3.94. The first kappa shape index (κ1) is 17.1. The summed E-state index contributed by atoms with van der Waals surface area (Å²) in [5, 5.41) is 0. The molecule has 1 heterocycles.